The van der Waals surface area contributed by atoms with Gasteiger partial charge in [-0.3, -0.25) is 0 Å². The van der Waals surface area contributed by atoms with E-state index in [0.717, 1.165) is 12.1 Å². The molecule has 1 aromatic rings. The van der Waals surface area contributed by atoms with Crippen LogP contribution in [0.5, 0.6) is 0 Å². The molecule has 0 aliphatic heterocycles. The Balaban J connectivity index is 2.15. The number of rotatable bonds is 5. The Hall–Kier alpha value is -0.430. The van der Waals surface area contributed by atoms with Crippen LogP contribution in [0.1, 0.15) is 39.2 Å². The van der Waals surface area contributed by atoms with Crippen molar-refractivity contribution in [1.29, 1.82) is 0 Å². The molecule has 0 heterocycles. The third-order valence-corrected chi connectivity index (χ3v) is 5.63. The summed E-state index contributed by atoms with van der Waals surface area (Å²) < 4.78 is 27.9. The lowest BCUT2D eigenvalue weighted by atomic mass is 10.1. The lowest BCUT2D eigenvalue weighted by Gasteiger charge is -2.21. The molecule has 1 fully saturated rings. The van der Waals surface area contributed by atoms with Crippen LogP contribution in [0.3, 0.4) is 0 Å². The van der Waals surface area contributed by atoms with E-state index in [1.165, 1.54) is 12.8 Å². The summed E-state index contributed by atoms with van der Waals surface area (Å²) in [6, 6.07) is 6.02. The summed E-state index contributed by atoms with van der Waals surface area (Å²) in [6.45, 7) is 6.25. The maximum Gasteiger partial charge on any atom is 0.242 e. The van der Waals surface area contributed by atoms with Gasteiger partial charge in [-0.1, -0.05) is 6.07 Å². The molecule has 0 amide bonds. The molecule has 0 atom stereocenters. The number of hydrogen-bond acceptors (Lipinski definition) is 3. The van der Waals surface area contributed by atoms with Crippen LogP contribution in [0.4, 0.5) is 0 Å². The first-order valence-corrected chi connectivity index (χ1v) is 9.01. The molecule has 4 nitrogen and oxygen atoms in total. The van der Waals surface area contributed by atoms with Crippen molar-refractivity contribution in [2.24, 2.45) is 0 Å². The van der Waals surface area contributed by atoms with Crippen molar-refractivity contribution in [1.82, 2.24) is 10.0 Å². The normalized spacial score (nSPS) is 16.4. The largest absolute Gasteiger partial charge is 0.310 e. The topological polar surface area (TPSA) is 58.2 Å². The van der Waals surface area contributed by atoms with Crippen LogP contribution >= 0.6 is 15.9 Å². The number of benzene rings is 1. The smallest absolute Gasteiger partial charge is 0.242 e. The summed E-state index contributed by atoms with van der Waals surface area (Å²) in [4.78, 5) is 0.280. The fourth-order valence-electron chi connectivity index (χ4n) is 1.88. The van der Waals surface area contributed by atoms with E-state index in [4.69, 9.17) is 0 Å². The van der Waals surface area contributed by atoms with Gasteiger partial charge in [0, 0.05) is 22.6 Å². The van der Waals surface area contributed by atoms with Gasteiger partial charge in [0.15, 0.2) is 0 Å². The molecule has 0 bridgehead atoms. The van der Waals surface area contributed by atoms with Gasteiger partial charge in [-0.05, 0) is 67.2 Å². The Morgan fingerprint density at radius 3 is 2.45 bits per heavy atom. The first-order valence-electron chi connectivity index (χ1n) is 6.73. The molecule has 0 saturated heterocycles. The molecule has 1 saturated carbocycles. The quantitative estimate of drug-likeness (QED) is 0.848. The lowest BCUT2D eigenvalue weighted by Crippen LogP contribution is -2.40. The molecule has 112 valence electrons. The minimum atomic E-state index is -3.50. The Morgan fingerprint density at radius 2 is 1.95 bits per heavy atom. The molecule has 1 aliphatic carbocycles. The van der Waals surface area contributed by atoms with Gasteiger partial charge in [0.1, 0.15) is 0 Å². The monoisotopic (exact) mass is 360 g/mol. The molecular formula is C14H21BrN2O2S. The second-order valence-corrected chi connectivity index (χ2v) is 8.78. The molecule has 20 heavy (non-hydrogen) atoms. The van der Waals surface area contributed by atoms with Crippen LogP contribution < -0.4 is 10.0 Å². The van der Waals surface area contributed by atoms with Crippen LogP contribution in [-0.2, 0) is 16.6 Å². The van der Waals surface area contributed by atoms with Gasteiger partial charge in [-0.25, -0.2) is 13.1 Å². The summed E-state index contributed by atoms with van der Waals surface area (Å²) in [5.74, 6) is 0. The van der Waals surface area contributed by atoms with Gasteiger partial charge in [-0.15, -0.1) is 0 Å². The van der Waals surface area contributed by atoms with Crippen molar-refractivity contribution >= 4 is 26.0 Å². The second-order valence-electron chi connectivity index (χ2n) is 6.28. The lowest BCUT2D eigenvalue weighted by molar-refractivity contribution is 0.491. The van der Waals surface area contributed by atoms with Crippen LogP contribution in [0.25, 0.3) is 0 Å². The summed E-state index contributed by atoms with van der Waals surface area (Å²) in [5, 5.41) is 3.41. The maximum absolute atomic E-state index is 12.3. The van der Waals surface area contributed by atoms with Gasteiger partial charge in [-0.2, -0.15) is 0 Å². The SMILES string of the molecule is CC(C)(C)NS(=O)(=O)c1ccc(CNC2CC2)cc1Br. The molecule has 2 rings (SSSR count). The van der Waals surface area contributed by atoms with Crippen molar-refractivity contribution in [3.63, 3.8) is 0 Å². The van der Waals surface area contributed by atoms with Gasteiger partial charge in [0.05, 0.1) is 4.90 Å². The Bertz CT molecular complexity index is 590. The first kappa shape index (κ1) is 15.9. The highest BCUT2D eigenvalue weighted by Crippen LogP contribution is 2.25. The van der Waals surface area contributed by atoms with Crippen LogP contribution in [-0.4, -0.2) is 20.0 Å². The molecule has 1 aromatic carbocycles. The van der Waals surface area contributed by atoms with Gasteiger partial charge in [0.2, 0.25) is 10.0 Å². The fourth-order valence-corrected chi connectivity index (χ4v) is 4.42. The van der Waals surface area contributed by atoms with Crippen molar-refractivity contribution in [3.8, 4) is 0 Å². The Morgan fingerprint density at radius 1 is 1.30 bits per heavy atom. The van der Waals surface area contributed by atoms with Gasteiger partial charge in [0.25, 0.3) is 0 Å². The zero-order valence-electron chi connectivity index (χ0n) is 12.0. The van der Waals surface area contributed by atoms with Crippen molar-refractivity contribution < 1.29 is 8.42 Å². The minimum Gasteiger partial charge on any atom is -0.310 e. The highest BCUT2D eigenvalue weighted by atomic mass is 79.9. The van der Waals surface area contributed by atoms with Crippen molar-refractivity contribution in [3.05, 3.63) is 28.2 Å². The molecule has 0 spiro atoms. The predicted molar refractivity (Wildman–Crippen MR) is 84.1 cm³/mol. The zero-order valence-corrected chi connectivity index (χ0v) is 14.4. The summed E-state index contributed by atoms with van der Waals surface area (Å²) in [5.41, 5.74) is 0.586. The zero-order chi connectivity index (χ0) is 15.0. The number of sulfonamides is 1. The van der Waals surface area contributed by atoms with Gasteiger partial charge >= 0.3 is 0 Å². The minimum absolute atomic E-state index is 0.280. The summed E-state index contributed by atoms with van der Waals surface area (Å²) in [7, 11) is -3.50. The molecule has 1 aliphatic rings. The molecule has 0 aromatic heterocycles. The molecular weight excluding hydrogens is 340 g/mol. The summed E-state index contributed by atoms with van der Waals surface area (Å²) in [6.07, 6.45) is 2.48. The van der Waals surface area contributed by atoms with E-state index >= 15 is 0 Å². The number of hydrogen-bond donors (Lipinski definition) is 2. The van der Waals surface area contributed by atoms with E-state index in [-0.39, 0.29) is 4.90 Å². The maximum atomic E-state index is 12.3. The third kappa shape index (κ3) is 4.55. The number of nitrogens with one attached hydrogen (secondary N) is 2. The second kappa shape index (κ2) is 5.75. The standard InChI is InChI=1S/C14H21BrN2O2S/c1-14(2,3)17-20(18,19)13-7-4-10(8-12(13)15)9-16-11-5-6-11/h4,7-8,11,16-17H,5-6,9H2,1-3H3. The Kier molecular flexibility index (Phi) is 4.59. The average molecular weight is 361 g/mol. The van der Waals surface area contributed by atoms with Gasteiger partial charge < -0.3 is 5.32 Å². The average Bonchev–Trinajstić information content (AvgIpc) is 3.06. The van der Waals surface area contributed by atoms with E-state index in [0.29, 0.717) is 10.5 Å². The highest BCUT2D eigenvalue weighted by Gasteiger charge is 2.24. The van der Waals surface area contributed by atoms with Crippen LogP contribution in [0, 0.1) is 0 Å². The van der Waals surface area contributed by atoms with E-state index in [2.05, 4.69) is 26.0 Å². The molecule has 0 unspecified atom stereocenters. The third-order valence-electron chi connectivity index (χ3n) is 2.90. The van der Waals surface area contributed by atoms with E-state index < -0.39 is 15.6 Å². The Labute approximate surface area is 129 Å². The summed E-state index contributed by atoms with van der Waals surface area (Å²) >= 11 is 3.37. The van der Waals surface area contributed by atoms with E-state index in [1.54, 1.807) is 6.07 Å². The molecule has 2 N–H and O–H groups in total. The van der Waals surface area contributed by atoms with Crippen molar-refractivity contribution in [2.45, 2.75) is 56.6 Å². The van der Waals surface area contributed by atoms with E-state index in [1.807, 2.05) is 32.9 Å². The van der Waals surface area contributed by atoms with Crippen LogP contribution in [0.2, 0.25) is 0 Å². The highest BCUT2D eigenvalue weighted by molar-refractivity contribution is 9.10. The molecule has 6 heteroatoms. The predicted octanol–water partition coefficient (Wildman–Crippen LogP) is 2.78. The molecule has 0 radical (unpaired) electrons. The van der Waals surface area contributed by atoms with Crippen LogP contribution in [0.15, 0.2) is 27.6 Å². The fraction of sp³-hybridized carbons (Fsp3) is 0.571. The number of halogens is 1. The van der Waals surface area contributed by atoms with E-state index in [9.17, 15) is 8.42 Å². The first-order chi connectivity index (χ1) is 9.17. The van der Waals surface area contributed by atoms with Crippen molar-refractivity contribution in [2.75, 3.05) is 0 Å².